The lowest BCUT2D eigenvalue weighted by Gasteiger charge is -2.34. The molecule has 0 aromatic carbocycles. The van der Waals surface area contributed by atoms with E-state index in [4.69, 9.17) is 9.84 Å². The molecule has 0 aromatic rings. The number of hydrogen-bond acceptors (Lipinski definition) is 2. The highest BCUT2D eigenvalue weighted by atomic mass is 16.5. The molecule has 3 nitrogen and oxygen atoms in total. The molecule has 1 aliphatic rings. The van der Waals surface area contributed by atoms with Crippen molar-refractivity contribution in [3.63, 3.8) is 0 Å². The topological polar surface area (TPSA) is 46.5 Å². The molecule has 1 aliphatic heterocycles. The summed E-state index contributed by atoms with van der Waals surface area (Å²) in [6.45, 7) is 5.69. The van der Waals surface area contributed by atoms with E-state index in [1.54, 1.807) is 6.92 Å². The minimum absolute atomic E-state index is 0.213. The number of carbonyl (C=O) groups is 1. The highest BCUT2D eigenvalue weighted by Gasteiger charge is 2.28. The summed E-state index contributed by atoms with van der Waals surface area (Å²) in [5, 5.41) is 8.77. The summed E-state index contributed by atoms with van der Waals surface area (Å²) in [5.74, 6) is -0.893. The monoisotopic (exact) mass is 200 g/mol. The Morgan fingerprint density at radius 3 is 2.57 bits per heavy atom. The fraction of sp³-hybridized carbons (Fsp3) is 0.909. The van der Waals surface area contributed by atoms with E-state index in [0.29, 0.717) is 5.41 Å². The first-order valence-corrected chi connectivity index (χ1v) is 5.34. The molecule has 1 heterocycles. The van der Waals surface area contributed by atoms with Crippen molar-refractivity contribution >= 4 is 5.97 Å². The Morgan fingerprint density at radius 1 is 1.50 bits per heavy atom. The van der Waals surface area contributed by atoms with Crippen LogP contribution in [0.2, 0.25) is 0 Å². The van der Waals surface area contributed by atoms with Gasteiger partial charge in [-0.15, -0.1) is 0 Å². The Labute approximate surface area is 85.5 Å². The van der Waals surface area contributed by atoms with Gasteiger partial charge in [-0.2, -0.15) is 0 Å². The van der Waals surface area contributed by atoms with E-state index in [9.17, 15) is 4.79 Å². The normalized spacial score (nSPS) is 23.0. The van der Waals surface area contributed by atoms with E-state index in [-0.39, 0.29) is 5.92 Å². The first-order valence-electron chi connectivity index (χ1n) is 5.34. The van der Waals surface area contributed by atoms with Crippen molar-refractivity contribution in [3.05, 3.63) is 0 Å². The van der Waals surface area contributed by atoms with Gasteiger partial charge in [0.25, 0.3) is 0 Å². The standard InChI is InChI=1S/C11H20O3/c1-9(10(12)13)3-4-11(2)5-7-14-8-6-11/h9H,3-8H2,1-2H3,(H,12,13). The van der Waals surface area contributed by atoms with Crippen molar-refractivity contribution in [2.45, 2.75) is 39.5 Å². The Morgan fingerprint density at radius 2 is 2.07 bits per heavy atom. The summed E-state index contributed by atoms with van der Waals surface area (Å²) in [6.07, 6.45) is 3.92. The molecule has 0 aromatic heterocycles. The van der Waals surface area contributed by atoms with Gasteiger partial charge in [0.05, 0.1) is 5.92 Å². The third-order valence-corrected chi connectivity index (χ3v) is 3.30. The molecule has 0 spiro atoms. The quantitative estimate of drug-likeness (QED) is 0.757. The van der Waals surface area contributed by atoms with Gasteiger partial charge in [0, 0.05) is 13.2 Å². The fourth-order valence-electron chi connectivity index (χ4n) is 1.80. The minimum atomic E-state index is -0.680. The van der Waals surface area contributed by atoms with Crippen LogP contribution < -0.4 is 0 Å². The molecule has 1 fully saturated rings. The third kappa shape index (κ3) is 3.29. The number of carboxylic acid groups (broad SMARTS) is 1. The zero-order valence-corrected chi connectivity index (χ0v) is 9.08. The van der Waals surface area contributed by atoms with Crippen LogP contribution in [-0.2, 0) is 9.53 Å². The van der Waals surface area contributed by atoms with Crippen LogP contribution in [0.15, 0.2) is 0 Å². The number of ether oxygens (including phenoxy) is 1. The Hall–Kier alpha value is -0.570. The Bertz CT molecular complexity index is 195. The molecule has 1 rings (SSSR count). The lowest BCUT2D eigenvalue weighted by molar-refractivity contribution is -0.141. The highest BCUT2D eigenvalue weighted by Crippen LogP contribution is 2.35. The van der Waals surface area contributed by atoms with Crippen LogP contribution in [0, 0.1) is 11.3 Å². The lowest BCUT2D eigenvalue weighted by Crippen LogP contribution is -2.27. The van der Waals surface area contributed by atoms with Gasteiger partial charge in [-0.1, -0.05) is 13.8 Å². The van der Waals surface area contributed by atoms with E-state index in [1.165, 1.54) is 0 Å². The molecule has 0 radical (unpaired) electrons. The molecule has 14 heavy (non-hydrogen) atoms. The van der Waals surface area contributed by atoms with Crippen molar-refractivity contribution in [1.29, 1.82) is 0 Å². The summed E-state index contributed by atoms with van der Waals surface area (Å²) in [7, 11) is 0. The van der Waals surface area contributed by atoms with Gasteiger partial charge in [0.1, 0.15) is 0 Å². The Balaban J connectivity index is 2.31. The molecular formula is C11H20O3. The van der Waals surface area contributed by atoms with Gasteiger partial charge in [-0.25, -0.2) is 0 Å². The molecule has 1 saturated heterocycles. The van der Waals surface area contributed by atoms with Gasteiger partial charge in [-0.05, 0) is 31.1 Å². The van der Waals surface area contributed by atoms with Crippen molar-refractivity contribution in [3.8, 4) is 0 Å². The summed E-state index contributed by atoms with van der Waals surface area (Å²) < 4.78 is 5.30. The number of carboxylic acids is 1. The molecule has 3 heteroatoms. The van der Waals surface area contributed by atoms with E-state index >= 15 is 0 Å². The highest BCUT2D eigenvalue weighted by molar-refractivity contribution is 5.69. The maximum Gasteiger partial charge on any atom is 0.306 e. The van der Waals surface area contributed by atoms with Gasteiger partial charge >= 0.3 is 5.97 Å². The number of aliphatic carboxylic acids is 1. The predicted octanol–water partition coefficient (Wildman–Crippen LogP) is 2.30. The van der Waals surface area contributed by atoms with Crippen LogP contribution in [0.1, 0.15) is 39.5 Å². The molecule has 1 N–H and O–H groups in total. The largest absolute Gasteiger partial charge is 0.481 e. The fourth-order valence-corrected chi connectivity index (χ4v) is 1.80. The zero-order valence-electron chi connectivity index (χ0n) is 9.08. The smallest absolute Gasteiger partial charge is 0.306 e. The van der Waals surface area contributed by atoms with Gasteiger partial charge in [0.15, 0.2) is 0 Å². The minimum Gasteiger partial charge on any atom is -0.481 e. The second-order valence-electron chi connectivity index (χ2n) is 4.70. The third-order valence-electron chi connectivity index (χ3n) is 3.30. The van der Waals surface area contributed by atoms with Crippen molar-refractivity contribution in [2.75, 3.05) is 13.2 Å². The molecular weight excluding hydrogens is 180 g/mol. The van der Waals surface area contributed by atoms with E-state index < -0.39 is 5.97 Å². The van der Waals surface area contributed by atoms with Crippen molar-refractivity contribution in [2.24, 2.45) is 11.3 Å². The van der Waals surface area contributed by atoms with Crippen LogP contribution in [0.3, 0.4) is 0 Å². The molecule has 0 aliphatic carbocycles. The van der Waals surface area contributed by atoms with Crippen LogP contribution in [0.4, 0.5) is 0 Å². The maximum atomic E-state index is 10.7. The van der Waals surface area contributed by atoms with Crippen molar-refractivity contribution < 1.29 is 14.6 Å². The molecule has 1 atom stereocenters. The van der Waals surface area contributed by atoms with Crippen LogP contribution in [0.5, 0.6) is 0 Å². The second-order valence-corrected chi connectivity index (χ2v) is 4.70. The summed E-state index contributed by atoms with van der Waals surface area (Å²) in [6, 6.07) is 0. The number of hydrogen-bond donors (Lipinski definition) is 1. The average Bonchev–Trinajstić information content (AvgIpc) is 2.15. The molecule has 0 saturated carbocycles. The summed E-state index contributed by atoms with van der Waals surface area (Å²) in [5.41, 5.74) is 0.308. The summed E-state index contributed by atoms with van der Waals surface area (Å²) >= 11 is 0. The zero-order chi connectivity index (χ0) is 10.6. The lowest BCUT2D eigenvalue weighted by atomic mass is 9.77. The van der Waals surface area contributed by atoms with Gasteiger partial charge < -0.3 is 9.84 Å². The van der Waals surface area contributed by atoms with E-state index in [1.807, 2.05) is 0 Å². The second kappa shape index (κ2) is 4.78. The van der Waals surface area contributed by atoms with Crippen molar-refractivity contribution in [1.82, 2.24) is 0 Å². The SMILES string of the molecule is CC(CCC1(C)CCOCC1)C(=O)O. The maximum absolute atomic E-state index is 10.7. The average molecular weight is 200 g/mol. The van der Waals surface area contributed by atoms with Crippen LogP contribution in [-0.4, -0.2) is 24.3 Å². The predicted molar refractivity (Wildman–Crippen MR) is 54.2 cm³/mol. The summed E-state index contributed by atoms with van der Waals surface area (Å²) in [4.78, 5) is 10.7. The first kappa shape index (κ1) is 11.5. The molecule has 0 bridgehead atoms. The Kier molecular flexibility index (Phi) is 3.93. The van der Waals surface area contributed by atoms with E-state index in [0.717, 1.165) is 38.9 Å². The molecule has 82 valence electrons. The van der Waals surface area contributed by atoms with E-state index in [2.05, 4.69) is 6.92 Å². The molecule has 0 amide bonds. The van der Waals surface area contributed by atoms with Crippen LogP contribution in [0.25, 0.3) is 0 Å². The number of rotatable bonds is 4. The first-order chi connectivity index (χ1) is 6.53. The van der Waals surface area contributed by atoms with Gasteiger partial charge in [-0.3, -0.25) is 4.79 Å². The molecule has 1 unspecified atom stereocenters. The van der Waals surface area contributed by atoms with Crippen LogP contribution >= 0.6 is 0 Å². The van der Waals surface area contributed by atoms with Gasteiger partial charge in [0.2, 0.25) is 0 Å².